The number of rotatable bonds is 6. The number of nitrogens with zero attached hydrogens (tertiary/aromatic N) is 2. The third kappa shape index (κ3) is 4.15. The fourth-order valence-corrected chi connectivity index (χ4v) is 5.67. The van der Waals surface area contributed by atoms with Crippen molar-refractivity contribution in [2.24, 2.45) is 5.92 Å². The summed E-state index contributed by atoms with van der Waals surface area (Å²) < 4.78 is 17.6. The first-order chi connectivity index (χ1) is 18.0. The molecule has 2 aromatic carbocycles. The third-order valence-electron chi connectivity index (χ3n) is 7.53. The quantitative estimate of drug-likeness (QED) is 0.368. The van der Waals surface area contributed by atoms with Crippen LogP contribution < -0.4 is 4.74 Å². The molecule has 3 unspecified atom stereocenters. The zero-order valence-corrected chi connectivity index (χ0v) is 20.5. The molecule has 4 aromatic rings. The number of halogens is 1. The van der Waals surface area contributed by atoms with Crippen LogP contribution in [0.25, 0.3) is 33.5 Å². The van der Waals surface area contributed by atoms with Crippen LogP contribution in [-0.2, 0) is 14.3 Å². The van der Waals surface area contributed by atoms with Crippen LogP contribution >= 0.6 is 11.6 Å². The smallest absolute Gasteiger partial charge is 0.307 e. The summed E-state index contributed by atoms with van der Waals surface area (Å²) in [5, 5.41) is 9.68. The van der Waals surface area contributed by atoms with E-state index in [0.29, 0.717) is 41.1 Å². The van der Waals surface area contributed by atoms with Gasteiger partial charge in [-0.15, -0.1) is 0 Å². The predicted octanol–water partition coefficient (Wildman–Crippen LogP) is 5.07. The van der Waals surface area contributed by atoms with Crippen LogP contribution in [0.1, 0.15) is 24.3 Å². The van der Waals surface area contributed by atoms with Crippen LogP contribution in [0.4, 0.5) is 0 Å². The van der Waals surface area contributed by atoms with E-state index in [1.165, 1.54) is 0 Å². The van der Waals surface area contributed by atoms with Crippen molar-refractivity contribution in [2.45, 2.75) is 37.1 Å². The zero-order valence-electron chi connectivity index (χ0n) is 19.8. The van der Waals surface area contributed by atoms with Gasteiger partial charge >= 0.3 is 5.97 Å². The molecule has 0 amide bonds. The molecule has 9 heteroatoms. The number of nitrogens with one attached hydrogen (secondary N) is 1. The number of carboxylic acids is 1. The van der Waals surface area contributed by atoms with Crippen molar-refractivity contribution in [3.8, 4) is 28.4 Å². The maximum atomic E-state index is 11.2. The van der Waals surface area contributed by atoms with Gasteiger partial charge in [0.05, 0.1) is 34.9 Å². The number of hydrogen-bond donors (Lipinski definition) is 2. The predicted molar refractivity (Wildman–Crippen MR) is 137 cm³/mol. The molecule has 0 bridgehead atoms. The number of carboxylic acid groups (broad SMARTS) is 1. The zero-order chi connectivity index (χ0) is 25.1. The van der Waals surface area contributed by atoms with Crippen LogP contribution in [0.2, 0.25) is 5.02 Å². The van der Waals surface area contributed by atoms with Gasteiger partial charge in [-0.25, -0.2) is 4.98 Å². The molecule has 3 fully saturated rings. The monoisotopic (exact) mass is 517 g/mol. The maximum absolute atomic E-state index is 11.2. The van der Waals surface area contributed by atoms with Crippen molar-refractivity contribution in [1.29, 1.82) is 0 Å². The number of ether oxygens (including phenoxy) is 3. The van der Waals surface area contributed by atoms with Crippen LogP contribution in [0.3, 0.4) is 0 Å². The van der Waals surface area contributed by atoms with E-state index in [-0.39, 0.29) is 30.1 Å². The molecule has 2 aromatic heterocycles. The fourth-order valence-electron chi connectivity index (χ4n) is 5.41. The largest absolute Gasteiger partial charge is 0.481 e. The van der Waals surface area contributed by atoms with Crippen molar-refractivity contribution >= 4 is 28.7 Å². The highest BCUT2D eigenvalue weighted by Crippen LogP contribution is 2.47. The second kappa shape index (κ2) is 8.83. The van der Waals surface area contributed by atoms with Crippen molar-refractivity contribution in [3.63, 3.8) is 0 Å². The summed E-state index contributed by atoms with van der Waals surface area (Å²) in [6.07, 6.45) is 1.44. The van der Waals surface area contributed by atoms with Crippen LogP contribution in [0.15, 0.2) is 54.6 Å². The van der Waals surface area contributed by atoms with Gasteiger partial charge in [0.15, 0.2) is 11.8 Å². The van der Waals surface area contributed by atoms with E-state index in [0.717, 1.165) is 35.1 Å². The lowest BCUT2D eigenvalue weighted by Gasteiger charge is -2.15. The summed E-state index contributed by atoms with van der Waals surface area (Å²) in [5.74, 6) is -0.833. The molecule has 7 rings (SSSR count). The number of hydrogen-bond acceptors (Lipinski definition) is 6. The van der Waals surface area contributed by atoms with Gasteiger partial charge in [-0.05, 0) is 41.5 Å². The van der Waals surface area contributed by atoms with E-state index in [9.17, 15) is 4.79 Å². The van der Waals surface area contributed by atoms with Crippen LogP contribution in [-0.4, -0.2) is 57.6 Å². The average molecular weight is 518 g/mol. The number of aromatic nitrogens is 3. The van der Waals surface area contributed by atoms with Gasteiger partial charge in [0.2, 0.25) is 0 Å². The molecule has 2 aliphatic heterocycles. The molecule has 1 saturated carbocycles. The van der Waals surface area contributed by atoms with Gasteiger partial charge in [-0.1, -0.05) is 60.1 Å². The highest BCUT2D eigenvalue weighted by molar-refractivity contribution is 6.33. The van der Waals surface area contributed by atoms with Gasteiger partial charge in [-0.3, -0.25) is 4.79 Å². The van der Waals surface area contributed by atoms with E-state index in [4.69, 9.17) is 35.9 Å². The number of fused-ring (bicyclic) bond motifs is 2. The number of H-pyrrole nitrogens is 1. The Morgan fingerprint density at radius 2 is 1.76 bits per heavy atom. The molecule has 5 atom stereocenters. The number of aliphatic carboxylic acids is 1. The van der Waals surface area contributed by atoms with Crippen LogP contribution in [0.5, 0.6) is 6.01 Å². The number of carbonyl (C=O) groups is 1. The minimum absolute atomic E-state index is 0.0644. The molecule has 2 N–H and O–H groups in total. The Morgan fingerprint density at radius 1 is 1.03 bits per heavy atom. The Bertz CT molecular complexity index is 1490. The second-order valence-electron chi connectivity index (χ2n) is 9.87. The molecule has 37 heavy (non-hydrogen) atoms. The normalized spacial score (nSPS) is 26.4. The van der Waals surface area contributed by atoms with Gasteiger partial charge < -0.3 is 24.3 Å². The van der Waals surface area contributed by atoms with E-state index in [1.807, 2.05) is 54.6 Å². The molecule has 0 spiro atoms. The summed E-state index contributed by atoms with van der Waals surface area (Å²) in [7, 11) is 0. The molecule has 188 valence electrons. The van der Waals surface area contributed by atoms with Crippen LogP contribution in [0, 0.1) is 5.92 Å². The third-order valence-corrected chi connectivity index (χ3v) is 7.81. The minimum atomic E-state index is -0.714. The van der Waals surface area contributed by atoms with E-state index < -0.39 is 5.97 Å². The summed E-state index contributed by atoms with van der Waals surface area (Å²) in [5.41, 5.74) is 5.95. The van der Waals surface area contributed by atoms with Crippen molar-refractivity contribution in [3.05, 3.63) is 65.2 Å². The van der Waals surface area contributed by atoms with Crippen molar-refractivity contribution in [2.75, 3.05) is 13.2 Å². The summed E-state index contributed by atoms with van der Waals surface area (Å²) in [6, 6.07) is 18.4. The van der Waals surface area contributed by atoms with Crippen molar-refractivity contribution in [1.82, 2.24) is 15.0 Å². The standard InChI is InChI=1S/C28H24ClN3O5/c29-20-12-21-26(32-28(30-21)37-23-13-36-22-9-10-35-25(22)23)31-24(20)17-7-3-15(4-8-17)14-1-5-16(6-2-14)18-11-19(18)27(33)34/h1-8,12,18-19,22-23,25H,9-11,13H2,(H,33,34)(H,30,31,32)/t18?,19?,22-,23?,25+/m1/s1. The molecular weight excluding hydrogens is 494 g/mol. The first-order valence-corrected chi connectivity index (χ1v) is 12.8. The summed E-state index contributed by atoms with van der Waals surface area (Å²) in [6.45, 7) is 1.16. The highest BCUT2D eigenvalue weighted by Gasteiger charge is 2.44. The van der Waals surface area contributed by atoms with E-state index in [2.05, 4.69) is 9.97 Å². The summed E-state index contributed by atoms with van der Waals surface area (Å²) >= 11 is 6.60. The van der Waals surface area contributed by atoms with Crippen molar-refractivity contribution < 1.29 is 24.1 Å². The first kappa shape index (κ1) is 22.7. The molecule has 0 radical (unpaired) electrons. The van der Waals surface area contributed by atoms with E-state index in [1.54, 1.807) is 0 Å². The maximum Gasteiger partial charge on any atom is 0.307 e. The first-order valence-electron chi connectivity index (χ1n) is 12.4. The van der Waals surface area contributed by atoms with Gasteiger partial charge in [0, 0.05) is 12.2 Å². The minimum Gasteiger partial charge on any atom is -0.481 e. The van der Waals surface area contributed by atoms with Gasteiger partial charge in [0.1, 0.15) is 6.10 Å². The molecular formula is C28H24ClN3O5. The highest BCUT2D eigenvalue weighted by atomic mass is 35.5. The topological polar surface area (TPSA) is 107 Å². The number of imidazole rings is 1. The lowest BCUT2D eigenvalue weighted by molar-refractivity contribution is -0.138. The Kier molecular flexibility index (Phi) is 5.42. The number of pyridine rings is 1. The number of benzene rings is 2. The number of aromatic amines is 1. The summed E-state index contributed by atoms with van der Waals surface area (Å²) in [4.78, 5) is 23.5. The SMILES string of the molecule is O=C(O)C1CC1c1ccc(-c2ccc(-c3nc4nc(OC5CO[C@@H]6CCO[C@H]56)[nH]c4cc3Cl)cc2)cc1. The molecule has 4 heterocycles. The van der Waals surface area contributed by atoms with E-state index >= 15 is 0 Å². The van der Waals surface area contributed by atoms with Gasteiger partial charge in [0.25, 0.3) is 6.01 Å². The molecule has 1 aliphatic carbocycles. The Balaban J connectivity index is 1.09. The van der Waals surface area contributed by atoms with Gasteiger partial charge in [-0.2, -0.15) is 4.98 Å². The Labute approximate surface area is 217 Å². The average Bonchev–Trinajstić information content (AvgIpc) is 3.20. The molecule has 8 nitrogen and oxygen atoms in total. The Morgan fingerprint density at radius 3 is 2.49 bits per heavy atom. The second-order valence-corrected chi connectivity index (χ2v) is 10.3. The lowest BCUT2D eigenvalue weighted by Crippen LogP contribution is -2.32. The lowest BCUT2D eigenvalue weighted by atomic mass is 10.00. The molecule has 2 saturated heterocycles. The Hall–Kier alpha value is -3.46. The molecule has 3 aliphatic rings. The fraction of sp³-hybridized carbons (Fsp3) is 0.321.